The van der Waals surface area contributed by atoms with E-state index in [1.807, 2.05) is 19.0 Å². The number of amides is 1. The summed E-state index contributed by atoms with van der Waals surface area (Å²) < 4.78 is 27.5. The highest BCUT2D eigenvalue weighted by molar-refractivity contribution is 7.17. The Labute approximate surface area is 187 Å². The largest absolute Gasteiger partial charge is 0.349 e. The Balaban J connectivity index is 1.66. The lowest BCUT2D eigenvalue weighted by Crippen LogP contribution is -2.31. The third kappa shape index (κ3) is 5.99. The molecular formula is C21H22F2N4O2S2. The SMILES string of the molecule is Cc1nc(C(=O)NCCN(C)C)sc1-c1csc(CC(=O)Cc2c(F)cccc2F)n1. The first kappa shape index (κ1) is 23.1. The molecule has 10 heteroatoms. The summed E-state index contributed by atoms with van der Waals surface area (Å²) in [7, 11) is 3.85. The summed E-state index contributed by atoms with van der Waals surface area (Å²) in [6.07, 6.45) is -0.349. The van der Waals surface area contributed by atoms with Gasteiger partial charge in [0.1, 0.15) is 22.4 Å². The highest BCUT2D eigenvalue weighted by atomic mass is 32.1. The average molecular weight is 465 g/mol. The highest BCUT2D eigenvalue weighted by Crippen LogP contribution is 2.31. The van der Waals surface area contributed by atoms with E-state index in [0.717, 1.165) is 23.6 Å². The van der Waals surface area contributed by atoms with Crippen molar-refractivity contribution in [1.82, 2.24) is 20.2 Å². The quantitative estimate of drug-likeness (QED) is 0.525. The number of carbonyl (C=O) groups is 2. The third-order valence-electron chi connectivity index (χ3n) is 4.40. The van der Waals surface area contributed by atoms with Gasteiger partial charge >= 0.3 is 0 Å². The predicted octanol–water partition coefficient (Wildman–Crippen LogP) is 3.50. The lowest BCUT2D eigenvalue weighted by atomic mass is 10.1. The van der Waals surface area contributed by atoms with Crippen molar-refractivity contribution in [1.29, 1.82) is 0 Å². The Morgan fingerprint density at radius 2 is 1.84 bits per heavy atom. The summed E-state index contributed by atoms with van der Waals surface area (Å²) in [6.45, 7) is 3.04. The Bertz CT molecular complexity index is 1070. The van der Waals surface area contributed by atoms with E-state index < -0.39 is 11.6 Å². The second-order valence-corrected chi connectivity index (χ2v) is 9.15. The van der Waals surface area contributed by atoms with Gasteiger partial charge in [0.2, 0.25) is 0 Å². The zero-order valence-electron chi connectivity index (χ0n) is 17.4. The minimum atomic E-state index is -0.732. The number of aromatic nitrogens is 2. The molecule has 31 heavy (non-hydrogen) atoms. The first-order valence-electron chi connectivity index (χ1n) is 9.54. The van der Waals surface area contributed by atoms with E-state index in [0.29, 0.717) is 27.9 Å². The van der Waals surface area contributed by atoms with Crippen LogP contribution in [0.3, 0.4) is 0 Å². The van der Waals surface area contributed by atoms with E-state index in [-0.39, 0.29) is 30.1 Å². The summed E-state index contributed by atoms with van der Waals surface area (Å²) in [5.74, 6) is -2.03. The molecule has 2 heterocycles. The first-order chi connectivity index (χ1) is 14.7. The van der Waals surface area contributed by atoms with E-state index in [4.69, 9.17) is 0 Å². The summed E-state index contributed by atoms with van der Waals surface area (Å²) >= 11 is 2.53. The van der Waals surface area contributed by atoms with E-state index >= 15 is 0 Å². The molecule has 1 aromatic carbocycles. The van der Waals surface area contributed by atoms with E-state index in [9.17, 15) is 18.4 Å². The van der Waals surface area contributed by atoms with Crippen molar-refractivity contribution in [3.05, 3.63) is 56.5 Å². The van der Waals surface area contributed by atoms with E-state index in [2.05, 4.69) is 15.3 Å². The van der Waals surface area contributed by atoms with Crippen molar-refractivity contribution in [3.63, 3.8) is 0 Å². The summed E-state index contributed by atoms with van der Waals surface area (Å²) in [4.78, 5) is 36.1. The minimum Gasteiger partial charge on any atom is -0.349 e. The number of hydrogen-bond acceptors (Lipinski definition) is 7. The molecule has 6 nitrogen and oxygen atoms in total. The maximum Gasteiger partial charge on any atom is 0.280 e. The molecule has 0 bridgehead atoms. The number of nitrogens with one attached hydrogen (secondary N) is 1. The molecule has 3 rings (SSSR count). The van der Waals surface area contributed by atoms with Gasteiger partial charge in [0.15, 0.2) is 5.01 Å². The Kier molecular flexibility index (Phi) is 7.58. The van der Waals surface area contributed by atoms with Crippen molar-refractivity contribution in [3.8, 4) is 10.6 Å². The van der Waals surface area contributed by atoms with Gasteiger partial charge in [0, 0.05) is 30.5 Å². The van der Waals surface area contributed by atoms with Crippen LogP contribution in [0, 0.1) is 18.6 Å². The molecule has 0 fully saturated rings. The van der Waals surface area contributed by atoms with Crippen molar-refractivity contribution in [2.24, 2.45) is 0 Å². The second-order valence-electron chi connectivity index (χ2n) is 7.21. The number of Topliss-reactive ketones (excluding diaryl/α,β-unsaturated/α-hetero) is 1. The van der Waals surface area contributed by atoms with E-state index in [1.165, 1.54) is 28.7 Å². The van der Waals surface area contributed by atoms with Crippen LogP contribution in [0.15, 0.2) is 23.6 Å². The van der Waals surface area contributed by atoms with Crippen molar-refractivity contribution >= 4 is 34.4 Å². The van der Waals surface area contributed by atoms with Crippen LogP contribution < -0.4 is 5.32 Å². The second kappa shape index (κ2) is 10.2. The molecule has 0 aliphatic rings. The van der Waals surface area contributed by atoms with Crippen LogP contribution in [0.2, 0.25) is 0 Å². The summed E-state index contributed by atoms with van der Waals surface area (Å²) in [5.41, 5.74) is 1.08. The number of hydrogen-bond donors (Lipinski definition) is 1. The van der Waals surface area contributed by atoms with Crippen LogP contribution >= 0.6 is 22.7 Å². The van der Waals surface area contributed by atoms with Crippen molar-refractivity contribution in [2.45, 2.75) is 19.8 Å². The molecule has 0 unspecified atom stereocenters. The van der Waals surface area contributed by atoms with Crippen molar-refractivity contribution < 1.29 is 18.4 Å². The van der Waals surface area contributed by atoms with Crippen LogP contribution in [-0.2, 0) is 17.6 Å². The molecule has 0 saturated carbocycles. The number of thiazole rings is 2. The molecule has 1 N–H and O–H groups in total. The number of ketones is 1. The van der Waals surface area contributed by atoms with Gasteiger partial charge in [-0.05, 0) is 33.2 Å². The molecule has 1 amide bonds. The van der Waals surface area contributed by atoms with Crippen LogP contribution in [-0.4, -0.2) is 53.7 Å². The van der Waals surface area contributed by atoms with Crippen molar-refractivity contribution in [2.75, 3.05) is 27.2 Å². The third-order valence-corrected chi connectivity index (χ3v) is 6.43. The molecule has 2 aromatic heterocycles. The fraction of sp³-hybridized carbons (Fsp3) is 0.333. The molecule has 0 aliphatic carbocycles. The Morgan fingerprint density at radius 3 is 2.52 bits per heavy atom. The van der Waals surface area contributed by atoms with Crippen LogP contribution in [0.5, 0.6) is 0 Å². The molecular weight excluding hydrogens is 442 g/mol. The highest BCUT2D eigenvalue weighted by Gasteiger charge is 2.19. The molecule has 0 atom stereocenters. The van der Waals surface area contributed by atoms with Gasteiger partial charge < -0.3 is 10.2 Å². The lowest BCUT2D eigenvalue weighted by Gasteiger charge is -2.09. The monoisotopic (exact) mass is 464 g/mol. The average Bonchev–Trinajstić information content (AvgIpc) is 3.31. The van der Waals surface area contributed by atoms with Crippen LogP contribution in [0.1, 0.15) is 26.1 Å². The molecule has 0 spiro atoms. The van der Waals surface area contributed by atoms with Gasteiger partial charge in [0.05, 0.1) is 22.7 Å². The predicted molar refractivity (Wildman–Crippen MR) is 118 cm³/mol. The lowest BCUT2D eigenvalue weighted by molar-refractivity contribution is -0.117. The van der Waals surface area contributed by atoms with Gasteiger partial charge in [-0.1, -0.05) is 6.07 Å². The van der Waals surface area contributed by atoms with Gasteiger partial charge in [-0.3, -0.25) is 9.59 Å². The smallest absolute Gasteiger partial charge is 0.280 e. The Morgan fingerprint density at radius 1 is 1.13 bits per heavy atom. The van der Waals surface area contributed by atoms with Gasteiger partial charge in [-0.15, -0.1) is 22.7 Å². The number of rotatable bonds is 9. The van der Waals surface area contributed by atoms with Gasteiger partial charge in [-0.2, -0.15) is 0 Å². The van der Waals surface area contributed by atoms with Crippen LogP contribution in [0.4, 0.5) is 8.78 Å². The maximum atomic E-state index is 13.8. The zero-order valence-corrected chi connectivity index (χ0v) is 19.0. The maximum absolute atomic E-state index is 13.8. The molecule has 0 radical (unpaired) electrons. The number of halogens is 2. The zero-order chi connectivity index (χ0) is 22.5. The normalized spacial score (nSPS) is 11.2. The van der Waals surface area contributed by atoms with Gasteiger partial charge in [-0.25, -0.2) is 18.7 Å². The molecule has 0 aliphatic heterocycles. The number of aryl methyl sites for hydroxylation is 1. The molecule has 3 aromatic rings. The number of carbonyl (C=O) groups excluding carboxylic acids is 2. The first-order valence-corrected chi connectivity index (χ1v) is 11.2. The minimum absolute atomic E-state index is 0.0197. The molecule has 164 valence electrons. The topological polar surface area (TPSA) is 75.2 Å². The van der Waals surface area contributed by atoms with E-state index in [1.54, 1.807) is 12.3 Å². The fourth-order valence-electron chi connectivity index (χ4n) is 2.83. The number of benzene rings is 1. The summed E-state index contributed by atoms with van der Waals surface area (Å²) in [6, 6.07) is 3.53. The Hall–Kier alpha value is -2.56. The molecule has 0 saturated heterocycles. The summed E-state index contributed by atoms with van der Waals surface area (Å²) in [5, 5.41) is 5.52. The van der Waals surface area contributed by atoms with Crippen LogP contribution in [0.25, 0.3) is 10.6 Å². The standard InChI is InChI=1S/C21H22F2N4O2S2/c1-12-19(31-21(25-12)20(29)24-7-8-27(2)3)17-11-30-18(26-17)10-13(28)9-14-15(22)5-4-6-16(14)23/h4-6,11H,7-10H2,1-3H3,(H,24,29). The van der Waals surface area contributed by atoms with Gasteiger partial charge in [0.25, 0.3) is 5.91 Å². The number of nitrogens with zero attached hydrogens (tertiary/aromatic N) is 3. The number of likely N-dealkylation sites (N-methyl/N-ethyl adjacent to an activating group) is 1. The fourth-order valence-corrected chi connectivity index (χ4v) is 4.66.